The van der Waals surface area contributed by atoms with Crippen LogP contribution in [0.4, 0.5) is 10.1 Å². The highest BCUT2D eigenvalue weighted by molar-refractivity contribution is 7.89. The van der Waals surface area contributed by atoms with Crippen molar-refractivity contribution in [3.63, 3.8) is 0 Å². The Balaban J connectivity index is 2.34. The maximum atomic E-state index is 13.1. The third-order valence-corrected chi connectivity index (χ3v) is 4.96. The Labute approximate surface area is 105 Å². The highest BCUT2D eigenvalue weighted by Gasteiger charge is 2.33. The molecule has 0 aliphatic carbocycles. The first kappa shape index (κ1) is 13.3. The summed E-state index contributed by atoms with van der Waals surface area (Å²) in [5, 5.41) is 0. The van der Waals surface area contributed by atoms with Crippen LogP contribution >= 0.6 is 0 Å². The lowest BCUT2D eigenvalue weighted by molar-refractivity contribution is 0.115. The summed E-state index contributed by atoms with van der Waals surface area (Å²) < 4.78 is 44.1. The summed E-state index contributed by atoms with van der Waals surface area (Å²) in [5.74, 6) is -0.620. The Morgan fingerprint density at radius 1 is 1.50 bits per heavy atom. The average Bonchev–Trinajstić information content (AvgIpc) is 2.81. The summed E-state index contributed by atoms with van der Waals surface area (Å²) >= 11 is 0. The number of nitrogens with two attached hydrogens (primary N) is 1. The molecule has 0 spiro atoms. The lowest BCUT2D eigenvalue weighted by Gasteiger charge is -2.17. The van der Waals surface area contributed by atoms with E-state index in [4.69, 9.17) is 10.5 Å². The van der Waals surface area contributed by atoms with E-state index in [1.54, 1.807) is 0 Å². The maximum Gasteiger partial charge on any atom is 0.245 e. The molecule has 1 aromatic carbocycles. The molecular weight excluding hydrogens is 259 g/mol. The van der Waals surface area contributed by atoms with Gasteiger partial charge in [-0.15, -0.1) is 0 Å². The van der Waals surface area contributed by atoms with E-state index in [1.807, 2.05) is 0 Å². The van der Waals surface area contributed by atoms with Crippen molar-refractivity contribution in [3.8, 4) is 0 Å². The quantitative estimate of drug-likeness (QED) is 0.828. The van der Waals surface area contributed by atoms with E-state index in [2.05, 4.69) is 0 Å². The smallest absolute Gasteiger partial charge is 0.245 e. The fraction of sp³-hybridized carbons (Fsp3) is 0.455. The second-order valence-corrected chi connectivity index (χ2v) is 6.10. The van der Waals surface area contributed by atoms with Crippen LogP contribution in [0.2, 0.25) is 0 Å². The molecule has 1 atom stereocenters. The Morgan fingerprint density at radius 2 is 2.22 bits per heavy atom. The predicted molar refractivity (Wildman–Crippen MR) is 65.0 cm³/mol. The third-order valence-electron chi connectivity index (χ3n) is 3.03. The first-order valence-electron chi connectivity index (χ1n) is 5.53. The van der Waals surface area contributed by atoms with E-state index >= 15 is 0 Å². The molecule has 5 nitrogen and oxygen atoms in total. The van der Waals surface area contributed by atoms with Gasteiger partial charge >= 0.3 is 0 Å². The number of anilines is 1. The Bertz CT molecular complexity index is 547. The summed E-state index contributed by atoms with van der Waals surface area (Å²) in [6.45, 7) is 0.631. The summed E-state index contributed by atoms with van der Waals surface area (Å²) in [4.78, 5) is -0.181. The van der Waals surface area contributed by atoms with Crippen molar-refractivity contribution in [1.29, 1.82) is 0 Å². The molecular formula is C11H15FN2O3S. The molecule has 2 rings (SSSR count). The molecule has 1 unspecified atom stereocenters. The van der Waals surface area contributed by atoms with Crippen molar-refractivity contribution >= 4 is 15.7 Å². The molecule has 18 heavy (non-hydrogen) atoms. The number of rotatable bonds is 3. The number of ether oxygens (including phenoxy) is 1. The minimum Gasteiger partial charge on any atom is -0.398 e. The molecule has 7 heteroatoms. The van der Waals surface area contributed by atoms with Crippen LogP contribution < -0.4 is 5.73 Å². The van der Waals surface area contributed by atoms with Gasteiger partial charge in [-0.25, -0.2) is 12.8 Å². The van der Waals surface area contributed by atoms with Gasteiger partial charge in [0, 0.05) is 20.2 Å². The van der Waals surface area contributed by atoms with E-state index in [1.165, 1.54) is 17.5 Å². The molecule has 2 N–H and O–H groups in total. The van der Waals surface area contributed by atoms with Crippen LogP contribution in [0, 0.1) is 5.82 Å². The van der Waals surface area contributed by atoms with Gasteiger partial charge in [0.15, 0.2) is 0 Å². The van der Waals surface area contributed by atoms with Crippen LogP contribution in [0.3, 0.4) is 0 Å². The average molecular weight is 274 g/mol. The highest BCUT2D eigenvalue weighted by Crippen LogP contribution is 2.26. The van der Waals surface area contributed by atoms with Crippen molar-refractivity contribution < 1.29 is 17.5 Å². The molecule has 1 saturated heterocycles. The SMILES string of the molecule is COC1CCN(S(=O)(=O)c2cc(F)ccc2N)C1. The Kier molecular flexibility index (Phi) is 3.56. The summed E-state index contributed by atoms with van der Waals surface area (Å²) in [6.07, 6.45) is 0.514. The fourth-order valence-corrected chi connectivity index (χ4v) is 3.59. The van der Waals surface area contributed by atoms with E-state index in [9.17, 15) is 12.8 Å². The molecule has 100 valence electrons. The Hall–Kier alpha value is -1.18. The predicted octanol–water partition coefficient (Wildman–Crippen LogP) is 0.817. The molecule has 0 saturated carbocycles. The molecule has 0 amide bonds. The van der Waals surface area contributed by atoms with Crippen molar-refractivity contribution in [3.05, 3.63) is 24.0 Å². The molecule has 1 aliphatic heterocycles. The van der Waals surface area contributed by atoms with E-state index in [0.717, 1.165) is 12.1 Å². The number of nitrogens with zero attached hydrogens (tertiary/aromatic N) is 1. The molecule has 0 bridgehead atoms. The van der Waals surface area contributed by atoms with Gasteiger partial charge in [0.1, 0.15) is 10.7 Å². The van der Waals surface area contributed by atoms with Crippen LogP contribution in [0.25, 0.3) is 0 Å². The van der Waals surface area contributed by atoms with Crippen molar-refractivity contribution in [1.82, 2.24) is 4.31 Å². The van der Waals surface area contributed by atoms with Gasteiger partial charge in [-0.3, -0.25) is 0 Å². The Morgan fingerprint density at radius 3 is 2.83 bits per heavy atom. The van der Waals surface area contributed by atoms with Crippen molar-refractivity contribution in [2.24, 2.45) is 0 Å². The van der Waals surface area contributed by atoms with Gasteiger partial charge in [0.05, 0.1) is 11.8 Å². The van der Waals surface area contributed by atoms with Gasteiger partial charge in [0.25, 0.3) is 0 Å². The zero-order valence-electron chi connectivity index (χ0n) is 9.97. The molecule has 1 fully saturated rings. The number of methoxy groups -OCH3 is 1. The summed E-state index contributed by atoms with van der Waals surface area (Å²) in [6, 6.07) is 3.34. The zero-order valence-corrected chi connectivity index (χ0v) is 10.8. The normalized spacial score (nSPS) is 21.3. The number of halogens is 1. The zero-order chi connectivity index (χ0) is 13.3. The van der Waals surface area contributed by atoms with Gasteiger partial charge < -0.3 is 10.5 Å². The first-order valence-corrected chi connectivity index (χ1v) is 6.97. The third kappa shape index (κ3) is 2.33. The maximum absolute atomic E-state index is 13.1. The van der Waals surface area contributed by atoms with Crippen molar-refractivity contribution in [2.45, 2.75) is 17.4 Å². The largest absolute Gasteiger partial charge is 0.398 e. The number of hydrogen-bond acceptors (Lipinski definition) is 4. The second kappa shape index (κ2) is 4.83. The standard InChI is InChI=1S/C11H15FN2O3S/c1-17-9-4-5-14(7-9)18(15,16)11-6-8(12)2-3-10(11)13/h2-3,6,9H,4-5,7,13H2,1H3. The van der Waals surface area contributed by atoms with Crippen LogP contribution in [0.15, 0.2) is 23.1 Å². The lowest BCUT2D eigenvalue weighted by Crippen LogP contribution is -2.30. The topological polar surface area (TPSA) is 72.6 Å². The molecule has 1 aliphatic rings. The van der Waals surface area contributed by atoms with Gasteiger partial charge in [-0.1, -0.05) is 0 Å². The van der Waals surface area contributed by atoms with Gasteiger partial charge in [-0.05, 0) is 24.6 Å². The van der Waals surface area contributed by atoms with Crippen molar-refractivity contribution in [2.75, 3.05) is 25.9 Å². The molecule has 1 aromatic rings. The minimum atomic E-state index is -3.75. The number of benzene rings is 1. The number of hydrogen-bond donors (Lipinski definition) is 1. The van der Waals surface area contributed by atoms with Crippen LogP contribution in [0.5, 0.6) is 0 Å². The number of nitrogen functional groups attached to an aromatic ring is 1. The lowest BCUT2D eigenvalue weighted by atomic mass is 10.3. The van der Waals surface area contributed by atoms with Gasteiger partial charge in [-0.2, -0.15) is 4.31 Å². The van der Waals surface area contributed by atoms with E-state index in [-0.39, 0.29) is 23.2 Å². The molecule has 1 heterocycles. The minimum absolute atomic E-state index is 0.0530. The van der Waals surface area contributed by atoms with Crippen LogP contribution in [-0.2, 0) is 14.8 Å². The summed E-state index contributed by atoms with van der Waals surface area (Å²) in [7, 11) is -2.21. The van der Waals surface area contributed by atoms with Crippen LogP contribution in [-0.4, -0.2) is 39.0 Å². The van der Waals surface area contributed by atoms with E-state index < -0.39 is 15.8 Å². The van der Waals surface area contributed by atoms with Gasteiger partial charge in [0.2, 0.25) is 10.0 Å². The second-order valence-electron chi connectivity index (χ2n) is 4.19. The molecule has 0 radical (unpaired) electrons. The van der Waals surface area contributed by atoms with Crippen LogP contribution in [0.1, 0.15) is 6.42 Å². The molecule has 0 aromatic heterocycles. The fourth-order valence-electron chi connectivity index (χ4n) is 1.98. The number of sulfonamides is 1. The highest BCUT2D eigenvalue weighted by atomic mass is 32.2. The summed E-state index contributed by atoms with van der Waals surface area (Å²) in [5.41, 5.74) is 5.66. The first-order chi connectivity index (χ1) is 8.45. The van der Waals surface area contributed by atoms with E-state index in [0.29, 0.717) is 13.0 Å². The monoisotopic (exact) mass is 274 g/mol.